The number of benzene rings is 1. The van der Waals surface area contributed by atoms with Crippen LogP contribution in [-0.2, 0) is 25.6 Å². The van der Waals surface area contributed by atoms with E-state index in [1.807, 2.05) is 13.8 Å². The van der Waals surface area contributed by atoms with Crippen molar-refractivity contribution in [2.24, 2.45) is 17.4 Å². The Morgan fingerprint density at radius 1 is 1.05 bits per heavy atom. The summed E-state index contributed by atoms with van der Waals surface area (Å²) in [6.07, 6.45) is 2.98. The molecule has 1 aliphatic rings. The highest BCUT2D eigenvalue weighted by molar-refractivity contribution is 5.94. The molecule has 0 spiro atoms. The van der Waals surface area contributed by atoms with Gasteiger partial charge in [0.2, 0.25) is 17.7 Å². The molecule has 1 aromatic rings. The van der Waals surface area contributed by atoms with Crippen molar-refractivity contribution in [2.45, 2.75) is 83.0 Å². The molecule has 4 atom stereocenters. The monoisotopic (exact) mass is 519 g/mol. The van der Waals surface area contributed by atoms with Gasteiger partial charge in [-0.15, -0.1) is 0 Å². The zero-order valence-electron chi connectivity index (χ0n) is 21.7. The van der Waals surface area contributed by atoms with Gasteiger partial charge in [-0.2, -0.15) is 0 Å². The van der Waals surface area contributed by atoms with Crippen molar-refractivity contribution in [1.29, 1.82) is 0 Å². The van der Waals surface area contributed by atoms with Gasteiger partial charge in [0.25, 0.3) is 0 Å². The molecule has 37 heavy (non-hydrogen) atoms. The van der Waals surface area contributed by atoms with Gasteiger partial charge in [-0.25, -0.2) is 4.79 Å². The second-order valence-corrected chi connectivity index (χ2v) is 10.0. The molecule has 206 valence electrons. The first kappa shape index (κ1) is 30.0. The van der Waals surface area contributed by atoms with Crippen LogP contribution in [0.3, 0.4) is 0 Å². The Balaban J connectivity index is 2.25. The highest BCUT2D eigenvalue weighted by atomic mass is 16.4. The maximum Gasteiger partial charge on any atom is 0.326 e. The summed E-state index contributed by atoms with van der Waals surface area (Å²) in [6, 6.07) is 2.48. The number of nitrogens with zero attached hydrogens (tertiary/aromatic N) is 1. The van der Waals surface area contributed by atoms with Crippen molar-refractivity contribution in [3.63, 3.8) is 0 Å². The van der Waals surface area contributed by atoms with Crippen LogP contribution >= 0.6 is 0 Å². The fraction of sp³-hybridized carbons (Fsp3) is 0.615. The largest absolute Gasteiger partial charge is 0.508 e. The maximum absolute atomic E-state index is 13.5. The average Bonchev–Trinajstić information content (AvgIpc) is 3.34. The SMILES string of the molecule is CC(C)C[C@H](N)C(=O)N[C@@H](CCCCN)C(=O)N[C@@H](Cc1ccc(O)cc1)C(=O)N1CCC[C@H]1C(=O)O. The Kier molecular flexibility index (Phi) is 11.8. The van der Waals surface area contributed by atoms with Crippen molar-refractivity contribution in [3.8, 4) is 5.75 Å². The molecule has 0 bridgehead atoms. The summed E-state index contributed by atoms with van der Waals surface area (Å²) in [5.41, 5.74) is 12.3. The lowest BCUT2D eigenvalue weighted by Gasteiger charge is -2.29. The number of likely N-dealkylation sites (tertiary alicyclic amines) is 1. The molecular weight excluding hydrogens is 478 g/mol. The quantitative estimate of drug-likeness (QED) is 0.191. The molecule has 8 N–H and O–H groups in total. The number of hydrogen-bond donors (Lipinski definition) is 6. The molecule has 11 nitrogen and oxygen atoms in total. The van der Waals surface area contributed by atoms with E-state index in [0.717, 1.165) is 0 Å². The average molecular weight is 520 g/mol. The third kappa shape index (κ3) is 9.32. The lowest BCUT2D eigenvalue weighted by molar-refractivity contribution is -0.149. The first-order valence-electron chi connectivity index (χ1n) is 12.9. The summed E-state index contributed by atoms with van der Waals surface area (Å²) >= 11 is 0. The highest BCUT2D eigenvalue weighted by Gasteiger charge is 2.38. The summed E-state index contributed by atoms with van der Waals surface area (Å²) in [5.74, 6) is -2.35. The van der Waals surface area contributed by atoms with Gasteiger partial charge in [0.15, 0.2) is 0 Å². The zero-order chi connectivity index (χ0) is 27.5. The van der Waals surface area contributed by atoms with Crippen molar-refractivity contribution >= 4 is 23.7 Å². The van der Waals surface area contributed by atoms with Gasteiger partial charge in [-0.05, 0) is 68.7 Å². The number of phenolic OH excluding ortho intramolecular Hbond substituents is 1. The number of carboxylic acids is 1. The molecule has 3 amide bonds. The van der Waals surface area contributed by atoms with Crippen molar-refractivity contribution in [3.05, 3.63) is 29.8 Å². The number of nitrogens with one attached hydrogen (secondary N) is 2. The number of rotatable bonds is 14. The topological polar surface area (TPSA) is 188 Å². The Morgan fingerprint density at radius 3 is 2.30 bits per heavy atom. The molecule has 0 saturated carbocycles. The summed E-state index contributed by atoms with van der Waals surface area (Å²) < 4.78 is 0. The molecule has 2 rings (SSSR count). The summed E-state index contributed by atoms with van der Waals surface area (Å²) in [6.45, 7) is 4.60. The number of phenols is 1. The van der Waals surface area contributed by atoms with Crippen LogP contribution in [0.25, 0.3) is 0 Å². The van der Waals surface area contributed by atoms with Crippen LogP contribution in [0.2, 0.25) is 0 Å². The van der Waals surface area contributed by atoms with Gasteiger partial charge in [-0.1, -0.05) is 26.0 Å². The molecule has 1 heterocycles. The molecule has 1 fully saturated rings. The van der Waals surface area contributed by atoms with E-state index in [4.69, 9.17) is 11.5 Å². The van der Waals surface area contributed by atoms with Crippen molar-refractivity contribution in [1.82, 2.24) is 15.5 Å². The molecule has 11 heteroatoms. The predicted molar refractivity (Wildman–Crippen MR) is 138 cm³/mol. The van der Waals surface area contributed by atoms with E-state index < -0.39 is 47.9 Å². The van der Waals surface area contributed by atoms with Crippen molar-refractivity contribution < 1.29 is 29.4 Å². The summed E-state index contributed by atoms with van der Waals surface area (Å²) in [4.78, 5) is 52.5. The first-order chi connectivity index (χ1) is 17.5. The second kappa shape index (κ2) is 14.5. The van der Waals surface area contributed by atoms with E-state index in [1.54, 1.807) is 12.1 Å². The van der Waals surface area contributed by atoms with Gasteiger partial charge < -0.3 is 37.2 Å². The molecule has 1 saturated heterocycles. The third-order valence-electron chi connectivity index (χ3n) is 6.45. The summed E-state index contributed by atoms with van der Waals surface area (Å²) in [5, 5.41) is 24.6. The number of unbranched alkanes of at least 4 members (excludes halogenated alkanes) is 1. The maximum atomic E-state index is 13.5. The molecule has 1 aliphatic heterocycles. The van der Waals surface area contributed by atoms with Crippen LogP contribution in [0, 0.1) is 5.92 Å². The second-order valence-electron chi connectivity index (χ2n) is 10.0. The Morgan fingerprint density at radius 2 is 1.70 bits per heavy atom. The fourth-order valence-corrected chi connectivity index (χ4v) is 4.48. The first-order valence-corrected chi connectivity index (χ1v) is 12.9. The van der Waals surface area contributed by atoms with E-state index >= 15 is 0 Å². The van der Waals surface area contributed by atoms with Crippen LogP contribution in [0.1, 0.15) is 57.9 Å². The van der Waals surface area contributed by atoms with E-state index in [2.05, 4.69) is 10.6 Å². The van der Waals surface area contributed by atoms with Gasteiger partial charge in [0.1, 0.15) is 23.9 Å². The van der Waals surface area contributed by atoms with Crippen molar-refractivity contribution in [2.75, 3.05) is 13.1 Å². The predicted octanol–water partition coefficient (Wildman–Crippen LogP) is 0.482. The highest BCUT2D eigenvalue weighted by Crippen LogP contribution is 2.20. The number of nitrogens with two attached hydrogens (primary N) is 2. The van der Waals surface area contributed by atoms with E-state index in [1.165, 1.54) is 17.0 Å². The molecule has 0 aromatic heterocycles. The normalized spacial score (nSPS) is 17.8. The van der Waals surface area contributed by atoms with Gasteiger partial charge in [0, 0.05) is 13.0 Å². The molecule has 0 aliphatic carbocycles. The Labute approximate surface area is 217 Å². The van der Waals surface area contributed by atoms with Crippen LogP contribution in [0.4, 0.5) is 0 Å². The Bertz CT molecular complexity index is 923. The van der Waals surface area contributed by atoms with Crippen LogP contribution in [-0.4, -0.2) is 76.1 Å². The van der Waals surface area contributed by atoms with E-state index in [0.29, 0.717) is 50.6 Å². The lowest BCUT2D eigenvalue weighted by Crippen LogP contribution is -2.57. The standard InChI is InChI=1S/C26H41N5O6/c1-16(2)14-19(28)23(33)29-20(6-3-4-12-27)24(34)30-21(15-17-8-10-18(32)11-9-17)25(35)31-13-5-7-22(31)26(36)37/h8-11,16,19-22,32H,3-7,12-15,27-28H2,1-2H3,(H,29,33)(H,30,34)(H,36,37)/t19-,20-,21-,22-/m0/s1. The van der Waals surface area contributed by atoms with E-state index in [9.17, 15) is 29.4 Å². The number of carbonyl (C=O) groups excluding carboxylic acids is 3. The van der Waals surface area contributed by atoms with Gasteiger partial charge in [0.05, 0.1) is 6.04 Å². The zero-order valence-corrected chi connectivity index (χ0v) is 21.7. The van der Waals surface area contributed by atoms with E-state index in [-0.39, 0.29) is 24.6 Å². The smallest absolute Gasteiger partial charge is 0.326 e. The molecule has 0 unspecified atom stereocenters. The van der Waals surface area contributed by atoms with Crippen LogP contribution in [0.15, 0.2) is 24.3 Å². The number of hydrogen-bond acceptors (Lipinski definition) is 7. The van der Waals surface area contributed by atoms with Crippen LogP contribution < -0.4 is 22.1 Å². The van der Waals surface area contributed by atoms with Gasteiger partial charge >= 0.3 is 5.97 Å². The minimum Gasteiger partial charge on any atom is -0.508 e. The van der Waals surface area contributed by atoms with Gasteiger partial charge in [-0.3, -0.25) is 14.4 Å². The minimum absolute atomic E-state index is 0.0570. The fourth-order valence-electron chi connectivity index (χ4n) is 4.48. The lowest BCUT2D eigenvalue weighted by atomic mass is 10.0. The number of aromatic hydroxyl groups is 1. The number of amides is 3. The number of carbonyl (C=O) groups is 4. The third-order valence-corrected chi connectivity index (χ3v) is 6.45. The number of aliphatic carboxylic acids is 1. The minimum atomic E-state index is -1.09. The summed E-state index contributed by atoms with van der Waals surface area (Å²) in [7, 11) is 0. The Hall–Kier alpha value is -3.18. The molecule has 0 radical (unpaired) electrons. The number of carboxylic acid groups (broad SMARTS) is 1. The van der Waals surface area contributed by atoms with Crippen LogP contribution in [0.5, 0.6) is 5.75 Å². The molecular formula is C26H41N5O6. The molecule has 1 aromatic carbocycles.